The Kier molecular flexibility index (Phi) is 5.31. The van der Waals surface area contributed by atoms with E-state index in [1.165, 1.54) is 6.07 Å². The normalized spacial score (nSPS) is 12.2. The number of halogens is 1. The molecule has 0 aromatic heterocycles. The Morgan fingerprint density at radius 3 is 2.43 bits per heavy atom. The molecule has 0 aliphatic rings. The maximum absolute atomic E-state index is 14.0. The van der Waals surface area contributed by atoms with Gasteiger partial charge in [-0.25, -0.2) is 4.39 Å². The lowest BCUT2D eigenvalue weighted by atomic mass is 10.1. The molecule has 21 heavy (non-hydrogen) atoms. The number of anilines is 1. The van der Waals surface area contributed by atoms with Crippen molar-refractivity contribution in [1.29, 1.82) is 0 Å². The number of hydrogen-bond donors (Lipinski definition) is 2. The highest BCUT2D eigenvalue weighted by Crippen LogP contribution is 2.29. The zero-order chi connectivity index (χ0) is 15.2. The van der Waals surface area contributed by atoms with Crippen LogP contribution in [0.3, 0.4) is 0 Å². The summed E-state index contributed by atoms with van der Waals surface area (Å²) in [4.78, 5) is 1.88. The van der Waals surface area contributed by atoms with Gasteiger partial charge in [0.25, 0.3) is 0 Å². The molecule has 0 saturated heterocycles. The van der Waals surface area contributed by atoms with E-state index in [1.54, 1.807) is 19.1 Å². The lowest BCUT2D eigenvalue weighted by Gasteiger charge is -2.27. The van der Waals surface area contributed by atoms with Crippen LogP contribution in [-0.2, 0) is 6.54 Å². The summed E-state index contributed by atoms with van der Waals surface area (Å²) < 4.78 is 14.0. The Balaban J connectivity index is 2.36. The molecule has 0 heterocycles. The summed E-state index contributed by atoms with van der Waals surface area (Å²) in [6.45, 7) is 2.42. The largest absolute Gasteiger partial charge is 0.395 e. The predicted molar refractivity (Wildman–Crippen MR) is 81.6 cm³/mol. The molecule has 2 aromatic carbocycles. The van der Waals surface area contributed by atoms with E-state index in [9.17, 15) is 14.6 Å². The first-order valence-corrected chi connectivity index (χ1v) is 6.99. The van der Waals surface area contributed by atoms with Gasteiger partial charge in [-0.15, -0.1) is 0 Å². The molecule has 2 N–H and O–H groups in total. The second kappa shape index (κ2) is 7.20. The van der Waals surface area contributed by atoms with E-state index >= 15 is 0 Å². The highest BCUT2D eigenvalue weighted by molar-refractivity contribution is 5.55. The third-order valence-corrected chi connectivity index (χ3v) is 3.37. The lowest BCUT2D eigenvalue weighted by molar-refractivity contribution is 0.194. The molecule has 0 bridgehead atoms. The topological polar surface area (TPSA) is 43.7 Å². The van der Waals surface area contributed by atoms with Crippen LogP contribution in [0.2, 0.25) is 0 Å². The minimum Gasteiger partial charge on any atom is -0.395 e. The first-order chi connectivity index (χ1) is 10.1. The standard InChI is InChI=1S/C17H20FNO2/c1-13(21)17-15(18)8-5-9-16(17)19(10-11-20)12-14-6-3-2-4-7-14/h2-9,13,20-21H,10-12H2,1H3. The van der Waals surface area contributed by atoms with Gasteiger partial charge in [0.1, 0.15) is 5.82 Å². The number of nitrogens with zero attached hydrogens (tertiary/aromatic N) is 1. The van der Waals surface area contributed by atoms with Gasteiger partial charge in [-0.05, 0) is 24.6 Å². The van der Waals surface area contributed by atoms with Crippen molar-refractivity contribution in [3.8, 4) is 0 Å². The van der Waals surface area contributed by atoms with Gasteiger partial charge in [-0.1, -0.05) is 36.4 Å². The Bertz CT molecular complexity index is 572. The highest BCUT2D eigenvalue weighted by atomic mass is 19.1. The second-order valence-corrected chi connectivity index (χ2v) is 4.98. The average molecular weight is 289 g/mol. The Morgan fingerprint density at radius 1 is 1.10 bits per heavy atom. The minimum atomic E-state index is -0.904. The predicted octanol–water partition coefficient (Wildman–Crippen LogP) is 2.88. The molecule has 3 nitrogen and oxygen atoms in total. The molecule has 112 valence electrons. The van der Waals surface area contributed by atoms with Crippen LogP contribution in [0.15, 0.2) is 48.5 Å². The smallest absolute Gasteiger partial charge is 0.131 e. The summed E-state index contributed by atoms with van der Waals surface area (Å²) >= 11 is 0. The fourth-order valence-corrected chi connectivity index (χ4v) is 2.42. The fraction of sp³-hybridized carbons (Fsp3) is 0.294. The molecule has 0 fully saturated rings. The molecule has 1 unspecified atom stereocenters. The van der Waals surface area contributed by atoms with Gasteiger partial charge < -0.3 is 15.1 Å². The molecule has 4 heteroatoms. The minimum absolute atomic E-state index is 0.0391. The third-order valence-electron chi connectivity index (χ3n) is 3.37. The maximum Gasteiger partial charge on any atom is 0.131 e. The first-order valence-electron chi connectivity index (χ1n) is 6.99. The molecule has 1 atom stereocenters. The van der Waals surface area contributed by atoms with Crippen molar-refractivity contribution in [3.05, 3.63) is 65.5 Å². The number of hydrogen-bond acceptors (Lipinski definition) is 3. The average Bonchev–Trinajstić information content (AvgIpc) is 2.47. The number of aliphatic hydroxyl groups excluding tert-OH is 2. The van der Waals surface area contributed by atoms with Crippen molar-refractivity contribution in [1.82, 2.24) is 0 Å². The molecule has 2 aromatic rings. The molecule has 0 aliphatic carbocycles. The summed E-state index contributed by atoms with van der Waals surface area (Å²) in [5, 5.41) is 19.1. The van der Waals surface area contributed by atoms with E-state index in [0.29, 0.717) is 18.8 Å². The molecule has 2 rings (SSSR count). The summed E-state index contributed by atoms with van der Waals surface area (Å²) in [5.41, 5.74) is 1.94. The van der Waals surface area contributed by atoms with E-state index in [-0.39, 0.29) is 12.2 Å². The number of benzene rings is 2. The van der Waals surface area contributed by atoms with Crippen molar-refractivity contribution < 1.29 is 14.6 Å². The monoisotopic (exact) mass is 289 g/mol. The zero-order valence-electron chi connectivity index (χ0n) is 12.0. The van der Waals surface area contributed by atoms with Gasteiger partial charge in [0.2, 0.25) is 0 Å². The Hall–Kier alpha value is -1.91. The summed E-state index contributed by atoms with van der Waals surface area (Å²) in [5.74, 6) is -0.432. The highest BCUT2D eigenvalue weighted by Gasteiger charge is 2.18. The van der Waals surface area contributed by atoms with Crippen molar-refractivity contribution >= 4 is 5.69 Å². The Labute approximate surface area is 124 Å². The second-order valence-electron chi connectivity index (χ2n) is 4.98. The van der Waals surface area contributed by atoms with Gasteiger partial charge in [-0.2, -0.15) is 0 Å². The van der Waals surface area contributed by atoms with E-state index in [0.717, 1.165) is 5.56 Å². The summed E-state index contributed by atoms with van der Waals surface area (Å²) in [6, 6.07) is 14.5. The first kappa shape index (κ1) is 15.5. The van der Waals surface area contributed by atoms with Crippen LogP contribution in [0.4, 0.5) is 10.1 Å². The number of rotatable bonds is 6. The van der Waals surface area contributed by atoms with Crippen LogP contribution in [-0.4, -0.2) is 23.4 Å². The quantitative estimate of drug-likeness (QED) is 0.859. The van der Waals surface area contributed by atoms with Gasteiger partial charge in [0.15, 0.2) is 0 Å². The van der Waals surface area contributed by atoms with Crippen LogP contribution in [0.1, 0.15) is 24.2 Å². The van der Waals surface area contributed by atoms with Crippen LogP contribution in [0.25, 0.3) is 0 Å². The van der Waals surface area contributed by atoms with Crippen molar-refractivity contribution in [2.75, 3.05) is 18.1 Å². The summed E-state index contributed by atoms with van der Waals surface area (Å²) in [7, 11) is 0. The molecule has 0 amide bonds. The molecular formula is C17H20FNO2. The van der Waals surface area contributed by atoms with E-state index in [1.807, 2.05) is 35.2 Å². The van der Waals surface area contributed by atoms with Crippen LogP contribution in [0.5, 0.6) is 0 Å². The lowest BCUT2D eigenvalue weighted by Crippen LogP contribution is -2.27. The molecule has 0 saturated carbocycles. The van der Waals surface area contributed by atoms with Crippen molar-refractivity contribution in [3.63, 3.8) is 0 Å². The molecule has 0 radical (unpaired) electrons. The van der Waals surface area contributed by atoms with Crippen LogP contribution >= 0.6 is 0 Å². The SMILES string of the molecule is CC(O)c1c(F)cccc1N(CCO)Cc1ccccc1. The Morgan fingerprint density at radius 2 is 1.81 bits per heavy atom. The van der Waals surface area contributed by atoms with E-state index in [2.05, 4.69) is 0 Å². The van der Waals surface area contributed by atoms with E-state index in [4.69, 9.17) is 0 Å². The van der Waals surface area contributed by atoms with Crippen molar-refractivity contribution in [2.45, 2.75) is 19.6 Å². The third kappa shape index (κ3) is 3.80. The van der Waals surface area contributed by atoms with Gasteiger partial charge in [0, 0.05) is 24.3 Å². The molecular weight excluding hydrogens is 269 g/mol. The zero-order valence-corrected chi connectivity index (χ0v) is 12.0. The van der Waals surface area contributed by atoms with Gasteiger partial charge in [0.05, 0.1) is 12.7 Å². The van der Waals surface area contributed by atoms with Crippen LogP contribution in [0, 0.1) is 5.82 Å². The van der Waals surface area contributed by atoms with Crippen molar-refractivity contribution in [2.24, 2.45) is 0 Å². The molecule has 0 spiro atoms. The van der Waals surface area contributed by atoms with Crippen LogP contribution < -0.4 is 4.90 Å². The number of aliphatic hydroxyl groups is 2. The fourth-order valence-electron chi connectivity index (χ4n) is 2.42. The van der Waals surface area contributed by atoms with E-state index < -0.39 is 11.9 Å². The van der Waals surface area contributed by atoms with Gasteiger partial charge in [-0.3, -0.25) is 0 Å². The summed E-state index contributed by atoms with van der Waals surface area (Å²) in [6.07, 6.45) is -0.904. The van der Waals surface area contributed by atoms with Gasteiger partial charge >= 0.3 is 0 Å². The maximum atomic E-state index is 14.0. The molecule has 0 aliphatic heterocycles.